The van der Waals surface area contributed by atoms with Crippen LogP contribution in [0.4, 0.5) is 0 Å². The lowest BCUT2D eigenvalue weighted by Gasteiger charge is -1.94. The molecule has 0 spiro atoms. The Bertz CT molecular complexity index is 49.1. The van der Waals surface area contributed by atoms with Gasteiger partial charge in [0.05, 0.1) is 6.61 Å². The summed E-state index contributed by atoms with van der Waals surface area (Å²) in [5.41, 5.74) is 0. The predicted molar refractivity (Wildman–Crippen MR) is 36.1 cm³/mol. The lowest BCUT2D eigenvalue weighted by molar-refractivity contribution is 0.114. The molecule has 0 bridgehead atoms. The van der Waals surface area contributed by atoms with E-state index in [1.807, 2.05) is 11.8 Å². The molecule has 4 nitrogen and oxygen atoms in total. The second-order valence-corrected chi connectivity index (χ2v) is 1.86. The third-order valence-electron chi connectivity index (χ3n) is 0.628. The molecule has 0 aliphatic carbocycles. The van der Waals surface area contributed by atoms with Gasteiger partial charge in [-0.25, -0.2) is 0 Å². The van der Waals surface area contributed by atoms with Crippen molar-refractivity contribution in [3.8, 4) is 0 Å². The zero-order valence-electron chi connectivity index (χ0n) is 5.33. The number of rotatable bonds is 6. The van der Waals surface area contributed by atoms with Crippen LogP contribution in [0.15, 0.2) is 0 Å². The fraction of sp³-hybridized carbons (Fsp3) is 1.00. The molecule has 0 saturated heterocycles. The van der Waals surface area contributed by atoms with E-state index >= 15 is 0 Å². The Labute approximate surface area is 58.8 Å². The van der Waals surface area contributed by atoms with Gasteiger partial charge in [0.25, 0.3) is 0 Å². The fourth-order valence-electron chi connectivity index (χ4n) is 0.315. The Morgan fingerprint density at radius 3 is 2.89 bits per heavy atom. The average Bonchev–Trinajstić information content (AvgIpc) is 1.89. The molecule has 0 aliphatic heterocycles. The largest absolute Gasteiger partial charge is 0.379 e. The second-order valence-electron chi connectivity index (χ2n) is 1.22. The quantitative estimate of drug-likeness (QED) is 0.238. The van der Waals surface area contributed by atoms with Crippen LogP contribution in [-0.2, 0) is 21.1 Å². The van der Waals surface area contributed by atoms with Crippen LogP contribution in [0.5, 0.6) is 0 Å². The Morgan fingerprint density at radius 2 is 2.33 bits per heavy atom. The highest BCUT2D eigenvalue weighted by molar-refractivity contribution is 7.71. The number of hydrogen-bond acceptors (Lipinski definition) is 4. The first-order valence-corrected chi connectivity index (χ1v) is 3.52. The van der Waals surface area contributed by atoms with Crippen LogP contribution in [0.2, 0.25) is 0 Å². The smallest absolute Gasteiger partial charge is 0.248 e. The van der Waals surface area contributed by atoms with Crippen LogP contribution in [0, 0.1) is 0 Å². The predicted octanol–water partition coefficient (Wildman–Crippen LogP) is -0.337. The highest BCUT2D eigenvalue weighted by Crippen LogP contribution is 1.76. The highest BCUT2D eigenvalue weighted by Gasteiger charge is 1.92. The summed E-state index contributed by atoms with van der Waals surface area (Å²) in [4.78, 5) is 1.84. The fourth-order valence-corrected chi connectivity index (χ4v) is 0.539. The molecule has 0 aromatic carbocycles. The zero-order valence-corrected chi connectivity index (χ0v) is 6.23. The number of hydrogen-bond donors (Lipinski definition) is 2. The van der Waals surface area contributed by atoms with Crippen LogP contribution in [0.1, 0.15) is 6.92 Å². The van der Waals surface area contributed by atoms with Gasteiger partial charge in [0, 0.05) is 11.5 Å². The van der Waals surface area contributed by atoms with E-state index in [2.05, 4.69) is 0 Å². The van der Waals surface area contributed by atoms with Crippen LogP contribution in [0.3, 0.4) is 0 Å². The maximum atomic E-state index is 7.99. The molecule has 0 atom stereocenters. The first kappa shape index (κ1) is 9.19. The monoisotopic (exact) mass is 154 g/mol. The van der Waals surface area contributed by atoms with Crippen molar-refractivity contribution < 1.29 is 14.1 Å². The molecule has 0 unspecified atom stereocenters. The lowest BCUT2D eigenvalue weighted by Crippen LogP contribution is -2.11. The lowest BCUT2D eigenvalue weighted by atomic mass is 10.8. The SMILES string of the molecule is CCOCCO[SH+]NO. The molecule has 0 aromatic heterocycles. The van der Waals surface area contributed by atoms with Gasteiger partial charge in [-0.05, 0) is 6.92 Å². The van der Waals surface area contributed by atoms with Gasteiger partial charge in [0.1, 0.15) is 6.61 Å². The summed E-state index contributed by atoms with van der Waals surface area (Å²) in [6.45, 7) is 3.70. The molecule has 0 rings (SSSR count). The third kappa shape index (κ3) is 8.19. The van der Waals surface area contributed by atoms with Crippen molar-refractivity contribution in [3.63, 3.8) is 0 Å². The minimum Gasteiger partial charge on any atom is -0.379 e. The van der Waals surface area contributed by atoms with Gasteiger partial charge in [0.15, 0.2) is 0 Å². The van der Waals surface area contributed by atoms with Crippen LogP contribution in [-0.4, -0.2) is 25.0 Å². The average molecular weight is 154 g/mol. The Kier molecular flexibility index (Phi) is 8.36. The van der Waals surface area contributed by atoms with E-state index in [1.54, 1.807) is 0 Å². The summed E-state index contributed by atoms with van der Waals surface area (Å²) >= 11 is 0.368. The van der Waals surface area contributed by atoms with E-state index in [0.717, 1.165) is 0 Å². The van der Waals surface area contributed by atoms with Crippen LogP contribution in [0.25, 0.3) is 0 Å². The molecule has 0 heterocycles. The molecule has 0 fully saturated rings. The van der Waals surface area contributed by atoms with Crippen molar-refractivity contribution in [2.45, 2.75) is 6.92 Å². The van der Waals surface area contributed by atoms with Crippen molar-refractivity contribution in [1.29, 1.82) is 0 Å². The van der Waals surface area contributed by atoms with E-state index in [9.17, 15) is 0 Å². The summed E-state index contributed by atoms with van der Waals surface area (Å²) in [7, 11) is 0. The molecule has 0 aromatic rings. The van der Waals surface area contributed by atoms with Crippen molar-refractivity contribution in [2.24, 2.45) is 0 Å². The van der Waals surface area contributed by atoms with Crippen molar-refractivity contribution in [2.75, 3.05) is 19.8 Å². The van der Waals surface area contributed by atoms with Crippen molar-refractivity contribution in [1.82, 2.24) is 4.89 Å². The van der Waals surface area contributed by atoms with E-state index in [4.69, 9.17) is 14.1 Å². The molecule has 2 N–H and O–H groups in total. The number of ether oxygens (including phenoxy) is 1. The van der Waals surface area contributed by atoms with E-state index < -0.39 is 0 Å². The summed E-state index contributed by atoms with van der Waals surface area (Å²) in [6, 6.07) is 0. The van der Waals surface area contributed by atoms with Gasteiger partial charge in [0.2, 0.25) is 12.2 Å². The number of nitrogens with one attached hydrogen (secondary N) is 1. The third-order valence-corrected chi connectivity index (χ3v) is 1.02. The molecule has 9 heavy (non-hydrogen) atoms. The zero-order chi connectivity index (χ0) is 6.95. The van der Waals surface area contributed by atoms with E-state index in [1.165, 1.54) is 0 Å². The van der Waals surface area contributed by atoms with Gasteiger partial charge in [-0.2, -0.15) is 0 Å². The van der Waals surface area contributed by atoms with Gasteiger partial charge in [-0.1, -0.05) is 0 Å². The van der Waals surface area contributed by atoms with Gasteiger partial charge >= 0.3 is 0 Å². The molecule has 0 amide bonds. The molecular formula is C4H12NO3S+. The molecule has 5 heteroatoms. The van der Waals surface area contributed by atoms with Gasteiger partial charge in [-0.15, -0.1) is 4.18 Å². The molecular weight excluding hydrogens is 142 g/mol. The number of thiol groups is 1. The van der Waals surface area contributed by atoms with Crippen LogP contribution >= 0.6 is 0 Å². The van der Waals surface area contributed by atoms with E-state index in [0.29, 0.717) is 32.0 Å². The topological polar surface area (TPSA) is 50.7 Å². The highest BCUT2D eigenvalue weighted by atomic mass is 32.2. The minimum absolute atomic E-state index is 0.368. The normalized spacial score (nSPS) is 10.0. The molecule has 56 valence electrons. The second kappa shape index (κ2) is 8.19. The summed E-state index contributed by atoms with van der Waals surface area (Å²) < 4.78 is 9.71. The van der Waals surface area contributed by atoms with E-state index in [-0.39, 0.29) is 0 Å². The van der Waals surface area contributed by atoms with Gasteiger partial charge < -0.3 is 4.74 Å². The Balaban J connectivity index is 2.60. The first-order chi connectivity index (χ1) is 4.41. The summed E-state index contributed by atoms with van der Waals surface area (Å²) in [5.74, 6) is 0. The molecule has 0 radical (unpaired) electrons. The van der Waals surface area contributed by atoms with Crippen LogP contribution < -0.4 is 4.89 Å². The first-order valence-electron chi connectivity index (χ1n) is 2.70. The van der Waals surface area contributed by atoms with Gasteiger partial charge in [-0.3, -0.25) is 5.21 Å². The summed E-state index contributed by atoms with van der Waals surface area (Å²) in [5, 5.41) is 7.99. The minimum atomic E-state index is 0.368. The molecule has 0 aliphatic rings. The molecule has 0 saturated carbocycles. The van der Waals surface area contributed by atoms with Crippen molar-refractivity contribution in [3.05, 3.63) is 0 Å². The van der Waals surface area contributed by atoms with Crippen molar-refractivity contribution >= 4 is 12.2 Å². The summed E-state index contributed by atoms with van der Waals surface area (Å²) in [6.07, 6.45) is 0. The standard InChI is InChI=1S/C4H11NO3S/c1-2-7-3-4-8-9-5-6/h5-6H,2-4H2,1H3/p+1. The maximum Gasteiger partial charge on any atom is 0.248 e. The Hall–Kier alpha value is 0.190. The Morgan fingerprint density at radius 1 is 1.56 bits per heavy atom. The maximum absolute atomic E-state index is 7.99.